The molecule has 5 nitrogen and oxygen atoms in total. The Morgan fingerprint density at radius 2 is 2.13 bits per heavy atom. The Bertz CT molecular complexity index is 769. The number of carbonyl (C=O) groups is 1. The number of anilines is 1. The molecule has 0 aromatic heterocycles. The molecule has 0 saturated carbocycles. The Labute approximate surface area is 134 Å². The summed E-state index contributed by atoms with van der Waals surface area (Å²) in [6.45, 7) is 4.47. The first-order chi connectivity index (χ1) is 11.1. The number of nitrogens with one attached hydrogen (secondary N) is 1. The second-order valence-electron chi connectivity index (χ2n) is 5.47. The minimum absolute atomic E-state index is 0.612. The van der Waals surface area contributed by atoms with Gasteiger partial charge in [0.05, 0.1) is 12.3 Å². The summed E-state index contributed by atoms with van der Waals surface area (Å²) in [5.74, 6) is 0.916. The molecule has 1 heterocycles. The van der Waals surface area contributed by atoms with E-state index in [1.165, 1.54) is 0 Å². The van der Waals surface area contributed by atoms with Crippen LogP contribution in [-0.2, 0) is 11.3 Å². The molecule has 0 bridgehead atoms. The largest absolute Gasteiger partial charge is 0.493 e. The minimum atomic E-state index is -0.612. The molecular formula is C18H18N2O3. The Morgan fingerprint density at radius 1 is 1.26 bits per heavy atom. The number of hydrogen-bond donors (Lipinski definition) is 1. The third-order valence-corrected chi connectivity index (χ3v) is 3.64. The zero-order chi connectivity index (χ0) is 16.2. The van der Waals surface area contributed by atoms with Crippen molar-refractivity contribution in [2.45, 2.75) is 20.3 Å². The molecule has 0 radical (unpaired) electrons. The lowest BCUT2D eigenvalue weighted by Gasteiger charge is -2.05. The van der Waals surface area contributed by atoms with Crippen molar-refractivity contribution in [3.63, 3.8) is 0 Å². The van der Waals surface area contributed by atoms with E-state index < -0.39 is 6.09 Å². The third kappa shape index (κ3) is 3.69. The number of carbonyl (C=O) groups excluding carboxylic acids is 1. The van der Waals surface area contributed by atoms with Crippen molar-refractivity contribution in [1.82, 2.24) is 0 Å². The number of hydrogen-bond acceptors (Lipinski definition) is 4. The lowest BCUT2D eigenvalue weighted by Crippen LogP contribution is -2.12. The van der Waals surface area contributed by atoms with Crippen LogP contribution in [0.3, 0.4) is 0 Å². The van der Waals surface area contributed by atoms with Gasteiger partial charge in [-0.25, -0.2) is 4.79 Å². The van der Waals surface area contributed by atoms with Gasteiger partial charge < -0.3 is 4.74 Å². The maximum absolute atomic E-state index is 11.8. The summed E-state index contributed by atoms with van der Waals surface area (Å²) in [5, 5.41) is 6.55. The normalized spacial score (nSPS) is 13.2. The molecule has 0 fully saturated rings. The first-order valence-corrected chi connectivity index (χ1v) is 7.47. The second-order valence-corrected chi connectivity index (χ2v) is 5.47. The zero-order valence-corrected chi connectivity index (χ0v) is 13.1. The summed E-state index contributed by atoms with van der Waals surface area (Å²) in [6, 6.07) is 13.3. The molecule has 0 saturated heterocycles. The zero-order valence-electron chi connectivity index (χ0n) is 13.1. The van der Waals surface area contributed by atoms with Crippen LogP contribution in [0.2, 0.25) is 0 Å². The first kappa shape index (κ1) is 15.1. The van der Waals surface area contributed by atoms with Crippen LogP contribution >= 0.6 is 0 Å². The molecule has 1 aliphatic heterocycles. The van der Waals surface area contributed by atoms with Crippen LogP contribution in [0.25, 0.3) is 0 Å². The van der Waals surface area contributed by atoms with Gasteiger partial charge in [0.1, 0.15) is 5.75 Å². The molecule has 2 aromatic carbocycles. The van der Waals surface area contributed by atoms with Crippen LogP contribution < -0.4 is 10.1 Å². The molecule has 1 aliphatic rings. The first-order valence-electron chi connectivity index (χ1n) is 7.47. The predicted octanol–water partition coefficient (Wildman–Crippen LogP) is 3.90. The van der Waals surface area contributed by atoms with Gasteiger partial charge in [0.25, 0.3) is 0 Å². The number of fused-ring (bicyclic) bond motifs is 1. The average molecular weight is 310 g/mol. The molecule has 118 valence electrons. The standard InChI is InChI=1S/C18H18N2O3/c1-12-4-3-5-16(10-12)19-18(21)23-20-13(2)14-6-7-17-15(11-14)8-9-22-17/h3-7,10-11H,8-9H2,1-2H3,(H,19,21)/b20-13-. The van der Waals surface area contributed by atoms with E-state index in [0.29, 0.717) is 18.0 Å². The smallest absolute Gasteiger partial charge is 0.437 e. The van der Waals surface area contributed by atoms with Gasteiger partial charge in [0.2, 0.25) is 0 Å². The molecule has 5 heteroatoms. The van der Waals surface area contributed by atoms with E-state index in [4.69, 9.17) is 9.57 Å². The van der Waals surface area contributed by atoms with Crippen molar-refractivity contribution in [2.75, 3.05) is 11.9 Å². The highest BCUT2D eigenvalue weighted by Gasteiger charge is 2.13. The number of aryl methyl sites for hydroxylation is 1. The minimum Gasteiger partial charge on any atom is -0.493 e. The summed E-state index contributed by atoms with van der Waals surface area (Å²) in [5.41, 5.74) is 4.44. The lowest BCUT2D eigenvalue weighted by atomic mass is 10.1. The van der Waals surface area contributed by atoms with E-state index >= 15 is 0 Å². The van der Waals surface area contributed by atoms with E-state index in [0.717, 1.165) is 28.9 Å². The highest BCUT2D eigenvalue weighted by molar-refractivity contribution is 5.99. The summed E-state index contributed by atoms with van der Waals surface area (Å²) >= 11 is 0. The molecule has 0 spiro atoms. The van der Waals surface area contributed by atoms with Gasteiger partial charge in [-0.05, 0) is 60.9 Å². The highest BCUT2D eigenvalue weighted by atomic mass is 16.7. The predicted molar refractivity (Wildman–Crippen MR) is 89.1 cm³/mol. The Kier molecular flexibility index (Phi) is 4.28. The molecular weight excluding hydrogens is 292 g/mol. The lowest BCUT2D eigenvalue weighted by molar-refractivity contribution is 0.166. The molecule has 1 amide bonds. The Balaban J connectivity index is 1.63. The van der Waals surface area contributed by atoms with Crippen LogP contribution in [0.15, 0.2) is 47.6 Å². The van der Waals surface area contributed by atoms with Gasteiger partial charge in [0.15, 0.2) is 0 Å². The average Bonchev–Trinajstić information content (AvgIpc) is 3.00. The van der Waals surface area contributed by atoms with Crippen molar-refractivity contribution < 1.29 is 14.4 Å². The fourth-order valence-corrected chi connectivity index (χ4v) is 2.44. The molecule has 0 aliphatic carbocycles. The fraction of sp³-hybridized carbons (Fsp3) is 0.222. The summed E-state index contributed by atoms with van der Waals surface area (Å²) in [6.07, 6.45) is 0.282. The summed E-state index contributed by atoms with van der Waals surface area (Å²) < 4.78 is 5.47. The van der Waals surface area contributed by atoms with E-state index in [1.54, 1.807) is 13.0 Å². The molecule has 2 aromatic rings. The van der Waals surface area contributed by atoms with E-state index in [2.05, 4.69) is 10.5 Å². The van der Waals surface area contributed by atoms with E-state index in [-0.39, 0.29) is 0 Å². The van der Waals surface area contributed by atoms with Gasteiger partial charge in [-0.2, -0.15) is 0 Å². The number of oxime groups is 1. The molecule has 0 unspecified atom stereocenters. The van der Waals surface area contributed by atoms with Gasteiger partial charge in [0, 0.05) is 12.1 Å². The van der Waals surface area contributed by atoms with Crippen molar-refractivity contribution in [3.05, 3.63) is 59.2 Å². The fourth-order valence-electron chi connectivity index (χ4n) is 2.44. The van der Waals surface area contributed by atoms with Crippen molar-refractivity contribution in [3.8, 4) is 5.75 Å². The number of benzene rings is 2. The van der Waals surface area contributed by atoms with Crippen molar-refractivity contribution in [2.24, 2.45) is 5.16 Å². The molecule has 1 N–H and O–H groups in total. The molecule has 0 atom stereocenters. The SMILES string of the molecule is C/C(=N/OC(=O)Nc1cccc(C)c1)c1ccc2c(c1)CCO2. The maximum atomic E-state index is 11.8. The van der Waals surface area contributed by atoms with Crippen LogP contribution in [0, 0.1) is 6.92 Å². The summed E-state index contributed by atoms with van der Waals surface area (Å²) in [4.78, 5) is 16.7. The van der Waals surface area contributed by atoms with Crippen LogP contribution in [0.5, 0.6) is 5.75 Å². The van der Waals surface area contributed by atoms with Crippen molar-refractivity contribution in [1.29, 1.82) is 0 Å². The van der Waals surface area contributed by atoms with Gasteiger partial charge in [-0.1, -0.05) is 17.3 Å². The van der Waals surface area contributed by atoms with Crippen LogP contribution in [0.4, 0.5) is 10.5 Å². The van der Waals surface area contributed by atoms with Crippen molar-refractivity contribution >= 4 is 17.5 Å². The monoisotopic (exact) mass is 310 g/mol. The maximum Gasteiger partial charge on any atom is 0.437 e. The Hall–Kier alpha value is -2.82. The number of ether oxygens (including phenoxy) is 1. The van der Waals surface area contributed by atoms with E-state index in [1.807, 2.05) is 43.3 Å². The van der Waals surface area contributed by atoms with Crippen LogP contribution in [-0.4, -0.2) is 18.4 Å². The quantitative estimate of drug-likeness (QED) is 0.531. The second kappa shape index (κ2) is 6.52. The highest BCUT2D eigenvalue weighted by Crippen LogP contribution is 2.26. The third-order valence-electron chi connectivity index (χ3n) is 3.64. The summed E-state index contributed by atoms with van der Waals surface area (Å²) in [7, 11) is 0. The Morgan fingerprint density at radius 3 is 2.96 bits per heavy atom. The van der Waals surface area contributed by atoms with Crippen LogP contribution in [0.1, 0.15) is 23.6 Å². The number of nitrogens with zero attached hydrogens (tertiary/aromatic N) is 1. The van der Waals surface area contributed by atoms with Gasteiger partial charge in [-0.3, -0.25) is 10.2 Å². The van der Waals surface area contributed by atoms with Gasteiger partial charge >= 0.3 is 6.09 Å². The number of rotatable bonds is 3. The molecule has 23 heavy (non-hydrogen) atoms. The molecule has 3 rings (SSSR count). The van der Waals surface area contributed by atoms with E-state index in [9.17, 15) is 4.79 Å². The topological polar surface area (TPSA) is 59.9 Å². The van der Waals surface area contributed by atoms with Gasteiger partial charge in [-0.15, -0.1) is 0 Å². The number of amides is 1.